The molecule has 0 unspecified atom stereocenters. The summed E-state index contributed by atoms with van der Waals surface area (Å²) >= 11 is 0. The molecule has 3 rings (SSSR count). The Morgan fingerprint density at radius 3 is 2.69 bits per heavy atom. The third-order valence-corrected chi connectivity index (χ3v) is 4.54. The number of para-hydroxylation sites is 1. The van der Waals surface area contributed by atoms with Gasteiger partial charge in [0.05, 0.1) is 31.7 Å². The quantitative estimate of drug-likeness (QED) is 0.624. The van der Waals surface area contributed by atoms with Crippen LogP contribution in [-0.4, -0.2) is 41.5 Å². The Hall–Kier alpha value is -3.61. The van der Waals surface area contributed by atoms with Crippen LogP contribution < -0.4 is 15.0 Å². The van der Waals surface area contributed by atoms with Crippen LogP contribution in [-0.2, 0) is 11.3 Å². The van der Waals surface area contributed by atoms with Crippen molar-refractivity contribution in [2.45, 2.75) is 13.5 Å². The number of carbonyl (C=O) groups is 1. The minimum atomic E-state index is -0.215. The highest BCUT2D eigenvalue weighted by atomic mass is 16.5. The number of benzene rings is 2. The van der Waals surface area contributed by atoms with Crippen LogP contribution in [0.1, 0.15) is 18.3 Å². The van der Waals surface area contributed by atoms with Gasteiger partial charge in [0, 0.05) is 24.3 Å². The van der Waals surface area contributed by atoms with E-state index in [9.17, 15) is 9.59 Å². The van der Waals surface area contributed by atoms with Gasteiger partial charge in [0.25, 0.3) is 5.56 Å². The molecule has 7 heteroatoms. The van der Waals surface area contributed by atoms with Crippen LogP contribution in [0.4, 0.5) is 0 Å². The van der Waals surface area contributed by atoms with Crippen LogP contribution in [0.5, 0.6) is 11.5 Å². The van der Waals surface area contributed by atoms with Gasteiger partial charge in [-0.3, -0.25) is 9.59 Å². The summed E-state index contributed by atoms with van der Waals surface area (Å²) in [6.07, 6.45) is 3.17. The second-order valence-corrected chi connectivity index (χ2v) is 6.32. The second kappa shape index (κ2) is 9.05. The molecule has 0 spiro atoms. The summed E-state index contributed by atoms with van der Waals surface area (Å²) in [6.45, 7) is 2.55. The molecule has 0 aliphatic carbocycles. The third-order valence-electron chi connectivity index (χ3n) is 4.54. The van der Waals surface area contributed by atoms with Gasteiger partial charge < -0.3 is 19.4 Å². The van der Waals surface area contributed by atoms with Crippen molar-refractivity contribution in [3.8, 4) is 11.5 Å². The lowest BCUT2D eigenvalue weighted by Gasteiger charge is -2.18. The first-order valence-corrected chi connectivity index (χ1v) is 9.22. The first kappa shape index (κ1) is 20.1. The van der Waals surface area contributed by atoms with Crippen molar-refractivity contribution in [2.24, 2.45) is 0 Å². The Morgan fingerprint density at radius 1 is 1.17 bits per heavy atom. The molecule has 0 bridgehead atoms. The van der Waals surface area contributed by atoms with Crippen molar-refractivity contribution in [3.05, 3.63) is 70.3 Å². The van der Waals surface area contributed by atoms with Gasteiger partial charge in [-0.25, -0.2) is 4.98 Å². The van der Waals surface area contributed by atoms with Gasteiger partial charge in [-0.15, -0.1) is 0 Å². The number of likely N-dealkylation sites (N-methyl/N-ethyl adjacent to an activating group) is 1. The van der Waals surface area contributed by atoms with E-state index in [0.717, 1.165) is 5.56 Å². The van der Waals surface area contributed by atoms with Crippen molar-refractivity contribution >= 4 is 22.9 Å². The first-order chi connectivity index (χ1) is 14.0. The van der Waals surface area contributed by atoms with E-state index in [1.54, 1.807) is 55.5 Å². The number of aromatic amines is 1. The molecule has 29 heavy (non-hydrogen) atoms. The molecule has 150 valence electrons. The molecule has 1 aromatic heterocycles. The average molecular weight is 393 g/mol. The van der Waals surface area contributed by atoms with Crippen molar-refractivity contribution in [3.63, 3.8) is 0 Å². The van der Waals surface area contributed by atoms with Crippen LogP contribution in [0, 0.1) is 0 Å². The Kier molecular flexibility index (Phi) is 6.29. The smallest absolute Gasteiger partial charge is 0.258 e. The van der Waals surface area contributed by atoms with Crippen LogP contribution in [0.2, 0.25) is 0 Å². The molecule has 3 aromatic rings. The van der Waals surface area contributed by atoms with Crippen molar-refractivity contribution in [2.75, 3.05) is 20.8 Å². The fourth-order valence-electron chi connectivity index (χ4n) is 2.96. The Morgan fingerprint density at radius 2 is 1.97 bits per heavy atom. The zero-order valence-electron chi connectivity index (χ0n) is 16.6. The molecule has 7 nitrogen and oxygen atoms in total. The summed E-state index contributed by atoms with van der Waals surface area (Å²) in [4.78, 5) is 33.7. The standard InChI is InChI=1S/C22H23N3O4/c1-4-25(14-20-23-18-8-6-5-7-17(18)22(27)24-20)21(26)12-10-15-9-11-16(28-2)13-19(15)29-3/h5-13H,4,14H2,1-3H3,(H,23,24,27)/b12-10+. The van der Waals surface area contributed by atoms with E-state index in [2.05, 4.69) is 9.97 Å². The van der Waals surface area contributed by atoms with E-state index in [-0.39, 0.29) is 18.0 Å². The maximum Gasteiger partial charge on any atom is 0.258 e. The maximum absolute atomic E-state index is 12.7. The molecule has 1 heterocycles. The molecule has 0 radical (unpaired) electrons. The van der Waals surface area contributed by atoms with E-state index in [1.165, 1.54) is 6.08 Å². The van der Waals surface area contributed by atoms with Crippen LogP contribution in [0.3, 0.4) is 0 Å². The number of carbonyl (C=O) groups excluding carboxylic acids is 1. The molecule has 0 fully saturated rings. The zero-order chi connectivity index (χ0) is 20.8. The molecular formula is C22H23N3O4. The largest absolute Gasteiger partial charge is 0.497 e. The number of hydrogen-bond acceptors (Lipinski definition) is 5. The number of hydrogen-bond donors (Lipinski definition) is 1. The predicted molar refractivity (Wildman–Crippen MR) is 112 cm³/mol. The lowest BCUT2D eigenvalue weighted by molar-refractivity contribution is -0.126. The van der Waals surface area contributed by atoms with Crippen molar-refractivity contribution in [1.29, 1.82) is 0 Å². The van der Waals surface area contributed by atoms with Crippen molar-refractivity contribution < 1.29 is 14.3 Å². The van der Waals surface area contributed by atoms with Crippen LogP contribution in [0.15, 0.2) is 53.3 Å². The van der Waals surface area contributed by atoms with Gasteiger partial charge in [0.2, 0.25) is 5.91 Å². The van der Waals surface area contributed by atoms with Gasteiger partial charge in [-0.2, -0.15) is 0 Å². The summed E-state index contributed by atoms with van der Waals surface area (Å²) in [7, 11) is 3.14. The number of ether oxygens (including phenoxy) is 2. The first-order valence-electron chi connectivity index (χ1n) is 9.22. The summed E-state index contributed by atoms with van der Waals surface area (Å²) in [5.74, 6) is 1.53. The molecule has 0 aliphatic rings. The van der Waals surface area contributed by atoms with Gasteiger partial charge in [-0.1, -0.05) is 12.1 Å². The number of methoxy groups -OCH3 is 2. The number of fused-ring (bicyclic) bond motifs is 1. The number of H-pyrrole nitrogens is 1. The monoisotopic (exact) mass is 393 g/mol. The summed E-state index contributed by atoms with van der Waals surface area (Å²) in [5, 5.41) is 0.525. The third kappa shape index (κ3) is 4.63. The highest BCUT2D eigenvalue weighted by Gasteiger charge is 2.12. The fraction of sp³-hybridized carbons (Fsp3) is 0.227. The number of nitrogens with one attached hydrogen (secondary N) is 1. The number of amides is 1. The second-order valence-electron chi connectivity index (χ2n) is 6.32. The molecule has 0 saturated heterocycles. The normalized spacial score (nSPS) is 11.0. The number of aromatic nitrogens is 2. The number of nitrogens with zero attached hydrogens (tertiary/aromatic N) is 2. The molecule has 1 N–H and O–H groups in total. The molecule has 2 aromatic carbocycles. The highest BCUT2D eigenvalue weighted by molar-refractivity contribution is 5.92. The average Bonchev–Trinajstić information content (AvgIpc) is 2.75. The highest BCUT2D eigenvalue weighted by Crippen LogP contribution is 2.25. The van der Waals surface area contributed by atoms with Crippen LogP contribution >= 0.6 is 0 Å². The maximum atomic E-state index is 12.7. The lowest BCUT2D eigenvalue weighted by Crippen LogP contribution is -2.30. The Bertz CT molecular complexity index is 1100. The Labute approximate surface area is 168 Å². The predicted octanol–water partition coefficient (Wildman–Crippen LogP) is 3.00. The van der Waals surface area contributed by atoms with E-state index in [0.29, 0.717) is 34.8 Å². The summed E-state index contributed by atoms with van der Waals surface area (Å²) in [6, 6.07) is 12.5. The zero-order valence-corrected chi connectivity index (χ0v) is 16.6. The molecule has 1 amide bonds. The topological polar surface area (TPSA) is 84.5 Å². The van der Waals surface area contributed by atoms with Crippen LogP contribution in [0.25, 0.3) is 17.0 Å². The summed E-state index contributed by atoms with van der Waals surface area (Å²) < 4.78 is 10.5. The van der Waals surface area contributed by atoms with Gasteiger partial charge in [-0.05, 0) is 37.3 Å². The lowest BCUT2D eigenvalue weighted by atomic mass is 10.1. The Balaban J connectivity index is 1.79. The van der Waals surface area contributed by atoms with Crippen molar-refractivity contribution in [1.82, 2.24) is 14.9 Å². The SMILES string of the molecule is CCN(Cc1nc2ccccc2c(=O)[nH]1)C(=O)/C=C/c1ccc(OC)cc1OC. The van der Waals surface area contributed by atoms with E-state index in [4.69, 9.17) is 9.47 Å². The molecular weight excluding hydrogens is 370 g/mol. The minimum absolute atomic E-state index is 0.193. The van der Waals surface area contributed by atoms with Gasteiger partial charge in [0.15, 0.2) is 0 Å². The van der Waals surface area contributed by atoms with Gasteiger partial charge in [0.1, 0.15) is 17.3 Å². The molecule has 0 atom stereocenters. The molecule has 0 saturated carbocycles. The van der Waals surface area contributed by atoms with E-state index < -0.39 is 0 Å². The van der Waals surface area contributed by atoms with E-state index in [1.807, 2.05) is 19.1 Å². The minimum Gasteiger partial charge on any atom is -0.497 e. The number of rotatable bonds is 7. The summed E-state index contributed by atoms with van der Waals surface area (Å²) in [5.41, 5.74) is 1.15. The fourth-order valence-corrected chi connectivity index (χ4v) is 2.96. The molecule has 0 aliphatic heterocycles. The van der Waals surface area contributed by atoms with E-state index >= 15 is 0 Å². The van der Waals surface area contributed by atoms with Gasteiger partial charge >= 0.3 is 0 Å².